The first-order chi connectivity index (χ1) is 9.09. The molecule has 0 aliphatic heterocycles. The maximum Gasteiger partial charge on any atom is 0.255 e. The van der Waals surface area contributed by atoms with Crippen LogP contribution in [0.15, 0.2) is 18.2 Å². The molecule has 104 valence electrons. The number of benzene rings is 1. The van der Waals surface area contributed by atoms with Gasteiger partial charge in [-0.2, -0.15) is 0 Å². The molecule has 2 rings (SSSR count). The van der Waals surface area contributed by atoms with E-state index in [0.29, 0.717) is 11.1 Å². The van der Waals surface area contributed by atoms with Gasteiger partial charge in [-0.05, 0) is 31.4 Å². The second kappa shape index (κ2) is 6.06. The molecular formula is C15H22N2O2. The Bertz CT molecular complexity index is 459. The van der Waals surface area contributed by atoms with E-state index in [1.165, 1.54) is 6.42 Å². The largest absolute Gasteiger partial charge is 0.507 e. The van der Waals surface area contributed by atoms with E-state index >= 15 is 0 Å². The predicted molar refractivity (Wildman–Crippen MR) is 75.2 cm³/mol. The Labute approximate surface area is 114 Å². The van der Waals surface area contributed by atoms with Crippen LogP contribution in [-0.4, -0.2) is 23.1 Å². The van der Waals surface area contributed by atoms with E-state index in [2.05, 4.69) is 5.32 Å². The van der Waals surface area contributed by atoms with Gasteiger partial charge in [-0.3, -0.25) is 4.79 Å². The monoisotopic (exact) mass is 262 g/mol. The highest BCUT2D eigenvalue weighted by atomic mass is 16.3. The summed E-state index contributed by atoms with van der Waals surface area (Å²) in [5.41, 5.74) is 7.13. The molecular weight excluding hydrogens is 240 g/mol. The first-order valence-electron chi connectivity index (χ1n) is 6.94. The molecule has 1 saturated carbocycles. The Hall–Kier alpha value is -1.55. The number of hydrogen-bond donors (Lipinski definition) is 3. The summed E-state index contributed by atoms with van der Waals surface area (Å²) in [5, 5.41) is 12.9. The van der Waals surface area contributed by atoms with Crippen LogP contribution < -0.4 is 11.1 Å². The highest BCUT2D eigenvalue weighted by Gasteiger charge is 2.23. The number of phenolic OH excluding ortho intramolecular Hbond substituents is 1. The van der Waals surface area contributed by atoms with Crippen LogP contribution >= 0.6 is 0 Å². The quantitative estimate of drug-likeness (QED) is 0.714. The molecule has 1 amide bonds. The van der Waals surface area contributed by atoms with Gasteiger partial charge in [0.05, 0.1) is 5.56 Å². The van der Waals surface area contributed by atoms with Crippen molar-refractivity contribution < 1.29 is 9.90 Å². The molecule has 2 unspecified atom stereocenters. The minimum atomic E-state index is -0.233. The van der Waals surface area contributed by atoms with E-state index in [9.17, 15) is 9.90 Å². The van der Waals surface area contributed by atoms with Crippen molar-refractivity contribution in [2.75, 3.05) is 0 Å². The SMILES string of the molecule is Cc1cccc(C(=O)NC2CCCCCC2N)c1O. The van der Waals surface area contributed by atoms with Crippen LogP contribution in [0.5, 0.6) is 5.75 Å². The first kappa shape index (κ1) is 13.9. The van der Waals surface area contributed by atoms with E-state index < -0.39 is 0 Å². The highest BCUT2D eigenvalue weighted by molar-refractivity contribution is 5.97. The third-order valence-electron chi connectivity index (χ3n) is 3.87. The van der Waals surface area contributed by atoms with Crippen molar-refractivity contribution in [3.8, 4) is 5.75 Å². The molecule has 4 N–H and O–H groups in total. The van der Waals surface area contributed by atoms with Gasteiger partial charge >= 0.3 is 0 Å². The molecule has 0 saturated heterocycles. The van der Waals surface area contributed by atoms with Gasteiger partial charge in [0.2, 0.25) is 0 Å². The lowest BCUT2D eigenvalue weighted by Gasteiger charge is -2.23. The number of rotatable bonds is 2. The molecule has 2 atom stereocenters. The predicted octanol–water partition coefficient (Wildman–Crippen LogP) is 2.09. The number of hydrogen-bond acceptors (Lipinski definition) is 3. The second-order valence-corrected chi connectivity index (χ2v) is 5.35. The van der Waals surface area contributed by atoms with Gasteiger partial charge in [-0.15, -0.1) is 0 Å². The molecule has 1 aromatic rings. The number of aryl methyl sites for hydroxylation is 1. The number of carbonyl (C=O) groups excluding carboxylic acids is 1. The average molecular weight is 262 g/mol. The fourth-order valence-electron chi connectivity index (χ4n) is 2.60. The Morgan fingerprint density at radius 2 is 2.05 bits per heavy atom. The lowest BCUT2D eigenvalue weighted by Crippen LogP contribution is -2.46. The van der Waals surface area contributed by atoms with Crippen molar-refractivity contribution in [3.05, 3.63) is 29.3 Å². The number of aromatic hydroxyl groups is 1. The van der Waals surface area contributed by atoms with Gasteiger partial charge < -0.3 is 16.2 Å². The zero-order valence-electron chi connectivity index (χ0n) is 11.4. The topological polar surface area (TPSA) is 75.4 Å². The van der Waals surface area contributed by atoms with Crippen molar-refractivity contribution >= 4 is 5.91 Å². The number of carbonyl (C=O) groups is 1. The molecule has 1 aromatic carbocycles. The second-order valence-electron chi connectivity index (χ2n) is 5.35. The summed E-state index contributed by atoms with van der Waals surface area (Å²) in [6, 6.07) is 5.22. The maximum absolute atomic E-state index is 12.2. The molecule has 0 radical (unpaired) electrons. The van der Waals surface area contributed by atoms with Gasteiger partial charge in [0.1, 0.15) is 5.75 Å². The molecule has 0 heterocycles. The molecule has 1 aliphatic carbocycles. The summed E-state index contributed by atoms with van der Waals surface area (Å²) in [7, 11) is 0. The molecule has 1 aliphatic rings. The van der Waals surface area contributed by atoms with Crippen molar-refractivity contribution in [3.63, 3.8) is 0 Å². The zero-order chi connectivity index (χ0) is 13.8. The fraction of sp³-hybridized carbons (Fsp3) is 0.533. The Morgan fingerprint density at radius 3 is 2.84 bits per heavy atom. The van der Waals surface area contributed by atoms with E-state index in [0.717, 1.165) is 25.7 Å². The third-order valence-corrected chi connectivity index (χ3v) is 3.87. The summed E-state index contributed by atoms with van der Waals surface area (Å²) in [6.07, 6.45) is 5.27. The van der Waals surface area contributed by atoms with Crippen LogP contribution in [0.3, 0.4) is 0 Å². The summed E-state index contributed by atoms with van der Waals surface area (Å²) >= 11 is 0. The van der Waals surface area contributed by atoms with Crippen molar-refractivity contribution in [1.29, 1.82) is 0 Å². The Kier molecular flexibility index (Phi) is 4.43. The molecule has 4 heteroatoms. The summed E-state index contributed by atoms with van der Waals surface area (Å²) < 4.78 is 0. The van der Waals surface area contributed by atoms with Crippen LogP contribution in [-0.2, 0) is 0 Å². The highest BCUT2D eigenvalue weighted by Crippen LogP contribution is 2.22. The minimum absolute atomic E-state index is 0.00918. The lowest BCUT2D eigenvalue weighted by atomic mass is 10.0. The van der Waals surface area contributed by atoms with Gasteiger partial charge in [-0.1, -0.05) is 31.4 Å². The van der Waals surface area contributed by atoms with Gasteiger partial charge in [0, 0.05) is 12.1 Å². The third kappa shape index (κ3) is 3.26. The summed E-state index contributed by atoms with van der Waals surface area (Å²) in [4.78, 5) is 12.2. The summed E-state index contributed by atoms with van der Waals surface area (Å²) in [5.74, 6) is -0.175. The van der Waals surface area contributed by atoms with Crippen molar-refractivity contribution in [2.24, 2.45) is 5.73 Å². The molecule has 19 heavy (non-hydrogen) atoms. The van der Waals surface area contributed by atoms with Crippen LogP contribution in [0.1, 0.15) is 48.0 Å². The Morgan fingerprint density at radius 1 is 1.32 bits per heavy atom. The number of nitrogens with one attached hydrogen (secondary N) is 1. The molecule has 0 bridgehead atoms. The fourth-order valence-corrected chi connectivity index (χ4v) is 2.60. The van der Waals surface area contributed by atoms with Crippen LogP contribution in [0.25, 0.3) is 0 Å². The zero-order valence-corrected chi connectivity index (χ0v) is 11.4. The van der Waals surface area contributed by atoms with Crippen molar-refractivity contribution in [1.82, 2.24) is 5.32 Å². The van der Waals surface area contributed by atoms with E-state index in [4.69, 9.17) is 5.73 Å². The molecule has 4 nitrogen and oxygen atoms in total. The summed E-state index contributed by atoms with van der Waals surface area (Å²) in [6.45, 7) is 1.78. The molecule has 0 spiro atoms. The van der Waals surface area contributed by atoms with Gasteiger partial charge in [0.25, 0.3) is 5.91 Å². The van der Waals surface area contributed by atoms with E-state index in [-0.39, 0.29) is 23.7 Å². The maximum atomic E-state index is 12.2. The van der Waals surface area contributed by atoms with Crippen molar-refractivity contribution in [2.45, 2.75) is 51.1 Å². The first-order valence-corrected chi connectivity index (χ1v) is 6.94. The van der Waals surface area contributed by atoms with Crippen LogP contribution in [0, 0.1) is 6.92 Å². The number of nitrogens with two attached hydrogens (primary N) is 1. The normalized spacial score (nSPS) is 23.7. The van der Waals surface area contributed by atoms with Gasteiger partial charge in [0.15, 0.2) is 0 Å². The number of para-hydroxylation sites is 1. The number of phenols is 1. The number of amides is 1. The van der Waals surface area contributed by atoms with Gasteiger partial charge in [-0.25, -0.2) is 0 Å². The standard InChI is InChI=1S/C15H22N2O2/c1-10-6-5-7-11(14(10)18)15(19)17-13-9-4-2-3-8-12(13)16/h5-7,12-13,18H,2-4,8-9,16H2,1H3,(H,17,19). The van der Waals surface area contributed by atoms with E-state index in [1.54, 1.807) is 25.1 Å². The molecule has 0 aromatic heterocycles. The van der Waals surface area contributed by atoms with E-state index in [1.807, 2.05) is 0 Å². The van der Waals surface area contributed by atoms with Crippen LogP contribution in [0.4, 0.5) is 0 Å². The molecule has 1 fully saturated rings. The lowest BCUT2D eigenvalue weighted by molar-refractivity contribution is 0.0926. The average Bonchev–Trinajstić information content (AvgIpc) is 2.58. The van der Waals surface area contributed by atoms with Crippen LogP contribution in [0.2, 0.25) is 0 Å². The minimum Gasteiger partial charge on any atom is -0.507 e. The Balaban J connectivity index is 2.09. The smallest absolute Gasteiger partial charge is 0.255 e.